The number of hydrogen-bond acceptors (Lipinski definition) is 4. The zero-order valence-electron chi connectivity index (χ0n) is 9.66. The molecule has 1 atom stereocenters. The summed E-state index contributed by atoms with van der Waals surface area (Å²) in [5.41, 5.74) is 0.938. The molecule has 1 saturated heterocycles. The maximum absolute atomic E-state index is 5.67. The van der Waals surface area contributed by atoms with Crippen molar-refractivity contribution in [2.45, 2.75) is 19.4 Å². The van der Waals surface area contributed by atoms with Gasteiger partial charge >= 0.3 is 0 Å². The summed E-state index contributed by atoms with van der Waals surface area (Å²) in [4.78, 5) is 0. The van der Waals surface area contributed by atoms with Gasteiger partial charge in [0.05, 0.1) is 5.69 Å². The molecule has 1 aliphatic rings. The lowest BCUT2D eigenvalue weighted by molar-refractivity contribution is 0.359. The van der Waals surface area contributed by atoms with E-state index in [0.29, 0.717) is 5.15 Å². The molecule has 1 fully saturated rings. The summed E-state index contributed by atoms with van der Waals surface area (Å²) in [6.45, 7) is 4.09. The van der Waals surface area contributed by atoms with Gasteiger partial charge < -0.3 is 10.6 Å². The molecule has 0 aliphatic carbocycles. The average molecular weight is 277 g/mol. The number of aromatic nitrogens is 2. The van der Waals surface area contributed by atoms with E-state index in [9.17, 15) is 0 Å². The van der Waals surface area contributed by atoms with Crippen LogP contribution in [0.5, 0.6) is 0 Å². The summed E-state index contributed by atoms with van der Waals surface area (Å²) < 4.78 is 0. The fourth-order valence-electron chi connectivity index (χ4n) is 1.94. The number of nitrogens with one attached hydrogen (secondary N) is 2. The van der Waals surface area contributed by atoms with Crippen LogP contribution in [-0.2, 0) is 6.54 Å². The van der Waals surface area contributed by atoms with Gasteiger partial charge in [-0.3, -0.25) is 0 Å². The molecule has 1 aromatic rings. The lowest BCUT2D eigenvalue weighted by Crippen LogP contribution is -2.35. The second-order valence-electron chi connectivity index (χ2n) is 4.19. The van der Waals surface area contributed by atoms with Gasteiger partial charge in [-0.25, -0.2) is 0 Å². The maximum Gasteiger partial charge on any atom is 0.151 e. The van der Waals surface area contributed by atoms with Crippen molar-refractivity contribution in [2.75, 3.05) is 19.6 Å². The topological polar surface area (TPSA) is 49.8 Å². The summed E-state index contributed by atoms with van der Waals surface area (Å²) in [7, 11) is 0. The van der Waals surface area contributed by atoms with Crippen molar-refractivity contribution in [3.8, 4) is 0 Å². The van der Waals surface area contributed by atoms with Crippen molar-refractivity contribution >= 4 is 24.0 Å². The van der Waals surface area contributed by atoms with Crippen LogP contribution in [0, 0.1) is 5.92 Å². The van der Waals surface area contributed by atoms with Gasteiger partial charge in [0.2, 0.25) is 0 Å². The number of hydrogen-bond donors (Lipinski definition) is 2. The van der Waals surface area contributed by atoms with Crippen molar-refractivity contribution in [3.63, 3.8) is 0 Å². The van der Waals surface area contributed by atoms with Gasteiger partial charge in [0.1, 0.15) is 0 Å². The van der Waals surface area contributed by atoms with Crippen molar-refractivity contribution in [2.24, 2.45) is 5.92 Å². The molecular weight excluding hydrogens is 259 g/mol. The largest absolute Gasteiger partial charge is 0.316 e. The summed E-state index contributed by atoms with van der Waals surface area (Å²) in [6, 6.07) is 3.68. The highest BCUT2D eigenvalue weighted by atomic mass is 35.5. The molecule has 0 aromatic carbocycles. The highest BCUT2D eigenvalue weighted by Gasteiger charge is 2.11. The van der Waals surface area contributed by atoms with Gasteiger partial charge in [-0.1, -0.05) is 11.6 Å². The molecule has 4 nitrogen and oxygen atoms in total. The molecular formula is C11H18Cl2N4. The summed E-state index contributed by atoms with van der Waals surface area (Å²) in [5, 5.41) is 15.1. The van der Waals surface area contributed by atoms with E-state index in [1.54, 1.807) is 6.07 Å². The molecule has 0 bridgehead atoms. The first-order chi connectivity index (χ1) is 7.84. The van der Waals surface area contributed by atoms with Crippen molar-refractivity contribution in [1.82, 2.24) is 20.8 Å². The number of halogens is 2. The number of rotatable bonds is 4. The first kappa shape index (κ1) is 14.6. The minimum Gasteiger partial charge on any atom is -0.316 e. The Balaban J connectivity index is 0.00000144. The van der Waals surface area contributed by atoms with Gasteiger partial charge in [-0.2, -0.15) is 5.10 Å². The summed E-state index contributed by atoms with van der Waals surface area (Å²) in [5.74, 6) is 0.744. The quantitative estimate of drug-likeness (QED) is 0.878. The van der Waals surface area contributed by atoms with E-state index in [1.165, 1.54) is 19.4 Å². The lowest BCUT2D eigenvalue weighted by atomic mass is 10.00. The molecule has 2 N–H and O–H groups in total. The third kappa shape index (κ3) is 5.17. The number of piperidine rings is 1. The smallest absolute Gasteiger partial charge is 0.151 e. The van der Waals surface area contributed by atoms with Crippen molar-refractivity contribution < 1.29 is 0 Å². The van der Waals surface area contributed by atoms with Gasteiger partial charge in [0.25, 0.3) is 0 Å². The van der Waals surface area contributed by atoms with E-state index in [1.807, 2.05) is 6.07 Å². The molecule has 2 heterocycles. The van der Waals surface area contributed by atoms with Gasteiger partial charge in [-0.05, 0) is 50.5 Å². The Morgan fingerprint density at radius 3 is 2.94 bits per heavy atom. The predicted molar refractivity (Wildman–Crippen MR) is 71.6 cm³/mol. The average Bonchev–Trinajstić information content (AvgIpc) is 2.33. The fraction of sp³-hybridized carbons (Fsp3) is 0.636. The Morgan fingerprint density at radius 2 is 2.29 bits per heavy atom. The summed E-state index contributed by atoms with van der Waals surface area (Å²) >= 11 is 5.67. The van der Waals surface area contributed by atoms with E-state index in [0.717, 1.165) is 31.2 Å². The normalized spacial score (nSPS) is 19.7. The molecule has 96 valence electrons. The highest BCUT2D eigenvalue weighted by molar-refractivity contribution is 6.29. The standard InChI is InChI=1S/C11H17ClN4.ClH/c12-11-4-3-10(15-16-11)8-14-7-9-2-1-5-13-6-9;/h3-4,9,13-14H,1-2,5-8H2;1H. The SMILES string of the molecule is Cl.Clc1ccc(CNCC2CCCNC2)nn1. The van der Waals surface area contributed by atoms with E-state index in [4.69, 9.17) is 11.6 Å². The van der Waals surface area contributed by atoms with Crippen LogP contribution in [0.1, 0.15) is 18.5 Å². The van der Waals surface area contributed by atoms with Crippen LogP contribution in [0.2, 0.25) is 5.15 Å². The van der Waals surface area contributed by atoms with Crippen LogP contribution in [0.4, 0.5) is 0 Å². The second-order valence-corrected chi connectivity index (χ2v) is 4.58. The van der Waals surface area contributed by atoms with Gasteiger partial charge in [-0.15, -0.1) is 17.5 Å². The Bertz CT molecular complexity index is 312. The minimum absolute atomic E-state index is 0. The van der Waals surface area contributed by atoms with Crippen molar-refractivity contribution in [3.05, 3.63) is 23.0 Å². The monoisotopic (exact) mass is 276 g/mol. The Labute approximate surface area is 113 Å². The van der Waals surface area contributed by atoms with Crippen LogP contribution in [-0.4, -0.2) is 29.8 Å². The third-order valence-electron chi connectivity index (χ3n) is 2.83. The molecule has 1 aromatic heterocycles. The zero-order chi connectivity index (χ0) is 11.2. The molecule has 0 spiro atoms. The predicted octanol–water partition coefficient (Wildman–Crippen LogP) is 1.64. The van der Waals surface area contributed by atoms with Crippen LogP contribution in [0.15, 0.2) is 12.1 Å². The molecule has 0 saturated carbocycles. The van der Waals surface area contributed by atoms with E-state index in [2.05, 4.69) is 20.8 Å². The molecule has 17 heavy (non-hydrogen) atoms. The van der Waals surface area contributed by atoms with E-state index in [-0.39, 0.29) is 12.4 Å². The molecule has 1 unspecified atom stereocenters. The van der Waals surface area contributed by atoms with Crippen LogP contribution in [0.3, 0.4) is 0 Å². The Kier molecular flexibility index (Phi) is 6.73. The van der Waals surface area contributed by atoms with Gasteiger partial charge in [0.15, 0.2) is 5.15 Å². The molecule has 0 radical (unpaired) electrons. The highest BCUT2D eigenvalue weighted by Crippen LogP contribution is 2.08. The number of nitrogens with zero attached hydrogens (tertiary/aromatic N) is 2. The zero-order valence-corrected chi connectivity index (χ0v) is 11.2. The Hall–Kier alpha value is -0.420. The van der Waals surface area contributed by atoms with Gasteiger partial charge in [0, 0.05) is 6.54 Å². The molecule has 6 heteroatoms. The first-order valence-corrected chi connectivity index (χ1v) is 6.12. The minimum atomic E-state index is 0. The van der Waals surface area contributed by atoms with Crippen LogP contribution in [0.25, 0.3) is 0 Å². The van der Waals surface area contributed by atoms with E-state index < -0.39 is 0 Å². The lowest BCUT2D eigenvalue weighted by Gasteiger charge is -2.22. The third-order valence-corrected chi connectivity index (χ3v) is 3.03. The fourth-order valence-corrected chi connectivity index (χ4v) is 2.04. The van der Waals surface area contributed by atoms with Crippen LogP contribution < -0.4 is 10.6 Å². The van der Waals surface area contributed by atoms with E-state index >= 15 is 0 Å². The maximum atomic E-state index is 5.67. The van der Waals surface area contributed by atoms with Crippen molar-refractivity contribution in [1.29, 1.82) is 0 Å². The second kappa shape index (κ2) is 7.82. The molecule has 2 rings (SSSR count). The molecule has 1 aliphatic heterocycles. The van der Waals surface area contributed by atoms with Crippen LogP contribution >= 0.6 is 24.0 Å². The Morgan fingerprint density at radius 1 is 1.41 bits per heavy atom. The summed E-state index contributed by atoms with van der Waals surface area (Å²) in [6.07, 6.45) is 2.60. The first-order valence-electron chi connectivity index (χ1n) is 5.74. The molecule has 0 amide bonds.